The van der Waals surface area contributed by atoms with Crippen molar-refractivity contribution in [3.63, 3.8) is 0 Å². The van der Waals surface area contributed by atoms with E-state index in [0.29, 0.717) is 13.1 Å². The van der Waals surface area contributed by atoms with Crippen LogP contribution in [0.25, 0.3) is 32.9 Å². The van der Waals surface area contributed by atoms with Gasteiger partial charge < -0.3 is 20.1 Å². The number of fused-ring (bicyclic) bond motifs is 4. The molecule has 2 aromatic carbocycles. The van der Waals surface area contributed by atoms with Crippen molar-refractivity contribution in [2.45, 2.75) is 31.3 Å². The molecule has 2 atom stereocenters. The van der Waals surface area contributed by atoms with Crippen LogP contribution >= 0.6 is 0 Å². The van der Waals surface area contributed by atoms with Crippen LogP contribution < -0.4 is 20.6 Å². The highest BCUT2D eigenvalue weighted by molar-refractivity contribution is 6.04. The van der Waals surface area contributed by atoms with E-state index in [-0.39, 0.29) is 39.8 Å². The zero-order valence-electron chi connectivity index (χ0n) is 20.8. The Morgan fingerprint density at radius 1 is 1.12 bits per heavy atom. The molecule has 0 saturated carbocycles. The number of aryl methyl sites for hydroxylation is 1. The number of alkyl halides is 3. The number of nitrogens with one attached hydrogen (secondary N) is 1. The Hall–Kier alpha value is -4.44. The summed E-state index contributed by atoms with van der Waals surface area (Å²) in [5.41, 5.74) is -2.81. The van der Waals surface area contributed by atoms with E-state index in [2.05, 4.69) is 25.9 Å². The number of aromatic hydroxyl groups is 1. The highest BCUT2D eigenvalue weighted by Gasteiger charge is 2.38. The predicted molar refractivity (Wildman–Crippen MR) is 136 cm³/mol. The molecule has 0 amide bonds. The number of halogens is 5. The Morgan fingerprint density at radius 3 is 2.48 bits per heavy atom. The van der Waals surface area contributed by atoms with Crippen molar-refractivity contribution < 1.29 is 31.8 Å². The third kappa shape index (κ3) is 4.15. The van der Waals surface area contributed by atoms with Gasteiger partial charge in [-0.25, -0.2) is 18.6 Å². The van der Waals surface area contributed by atoms with Gasteiger partial charge in [-0.2, -0.15) is 4.98 Å². The first kappa shape index (κ1) is 25.8. The van der Waals surface area contributed by atoms with Crippen molar-refractivity contribution in [2.24, 2.45) is 7.05 Å². The molecule has 6 rings (SSSR count). The van der Waals surface area contributed by atoms with Crippen LogP contribution in [0.15, 0.2) is 29.1 Å². The number of phenols is 1. The average Bonchev–Trinajstić information content (AvgIpc) is 3.23. The second kappa shape index (κ2) is 9.06. The fourth-order valence-corrected chi connectivity index (χ4v) is 5.68. The summed E-state index contributed by atoms with van der Waals surface area (Å²) in [6.45, 7) is 0.644. The first-order valence-corrected chi connectivity index (χ1v) is 12.2. The fraction of sp³-hybridized carbons (Fsp3) is 0.296. The highest BCUT2D eigenvalue weighted by Crippen LogP contribution is 2.42. The van der Waals surface area contributed by atoms with Crippen LogP contribution in [-0.2, 0) is 7.05 Å². The molecule has 2 aliphatic heterocycles. The van der Waals surface area contributed by atoms with E-state index in [1.807, 2.05) is 0 Å². The molecular formula is C27H20F5N5O3. The summed E-state index contributed by atoms with van der Waals surface area (Å²) in [6.07, 6.45) is 1.91. The van der Waals surface area contributed by atoms with Crippen LogP contribution in [0.1, 0.15) is 18.4 Å². The van der Waals surface area contributed by atoms with Crippen LogP contribution in [-0.4, -0.2) is 51.2 Å². The minimum Gasteiger partial charge on any atom is -0.508 e. The maximum atomic E-state index is 16.5. The average molecular weight is 557 g/mol. The number of phenolic OH excluding ortho intramolecular Hbond substituents is 1. The maximum Gasteiger partial charge on any atom is 0.574 e. The second-order valence-electron chi connectivity index (χ2n) is 9.83. The van der Waals surface area contributed by atoms with Gasteiger partial charge in [-0.05, 0) is 36.4 Å². The van der Waals surface area contributed by atoms with E-state index in [4.69, 9.17) is 6.42 Å². The number of pyridine rings is 1. The Kier molecular flexibility index (Phi) is 5.85. The van der Waals surface area contributed by atoms with Gasteiger partial charge in [0.25, 0.3) is 0 Å². The number of hydrogen-bond donors (Lipinski definition) is 2. The summed E-state index contributed by atoms with van der Waals surface area (Å²) in [5, 5.41) is 13.4. The van der Waals surface area contributed by atoms with E-state index >= 15 is 4.39 Å². The summed E-state index contributed by atoms with van der Waals surface area (Å²) >= 11 is 0. The van der Waals surface area contributed by atoms with Gasteiger partial charge in [-0.3, -0.25) is 4.57 Å². The molecule has 2 saturated heterocycles. The molecule has 0 radical (unpaired) electrons. The van der Waals surface area contributed by atoms with Gasteiger partial charge in [0.1, 0.15) is 28.5 Å². The van der Waals surface area contributed by atoms with Crippen molar-refractivity contribution in [1.29, 1.82) is 0 Å². The SMILES string of the molecule is C#Cc1c(F)ccc2cc(O)cc(-c3nc(OC(F)(F)F)c4c(N5CC6CCC(C5)N6)nc(=O)n(C)c4c3F)c12. The number of hydrogen-bond acceptors (Lipinski definition) is 7. The molecule has 2 N–H and O–H groups in total. The third-order valence-corrected chi connectivity index (χ3v) is 7.31. The van der Waals surface area contributed by atoms with E-state index in [1.165, 1.54) is 12.1 Å². The van der Waals surface area contributed by atoms with Gasteiger partial charge in [-0.1, -0.05) is 12.0 Å². The van der Waals surface area contributed by atoms with Gasteiger partial charge >= 0.3 is 12.1 Å². The number of terminal acetylenes is 1. The number of piperazine rings is 1. The number of nitrogens with zero attached hydrogens (tertiary/aromatic N) is 4. The van der Waals surface area contributed by atoms with Crippen LogP contribution in [0.2, 0.25) is 0 Å². The number of ether oxygens (including phenoxy) is 1. The zero-order chi connectivity index (χ0) is 28.5. The standard InChI is InChI=1S/C27H20F5N5O3/c1-3-16-18(28)7-4-12-8-15(38)9-17(19(12)16)22-21(29)23-20(25(34-22)40-27(30,31)32)24(35-26(39)36(23)2)37-10-13-5-6-14(11-37)33-13/h1,4,7-9,13-14,33,38H,5-6,10-11H2,2H3. The molecule has 2 unspecified atom stereocenters. The van der Waals surface area contributed by atoms with Gasteiger partial charge in [0.15, 0.2) is 5.82 Å². The fourth-order valence-electron chi connectivity index (χ4n) is 5.68. The Bertz CT molecular complexity index is 1800. The van der Waals surface area contributed by atoms with E-state index in [9.17, 15) is 27.5 Å². The maximum absolute atomic E-state index is 16.5. The summed E-state index contributed by atoms with van der Waals surface area (Å²) in [7, 11) is 1.15. The van der Waals surface area contributed by atoms with Gasteiger partial charge in [-0.15, -0.1) is 19.6 Å². The van der Waals surface area contributed by atoms with Crippen molar-refractivity contribution >= 4 is 27.5 Å². The summed E-state index contributed by atoms with van der Waals surface area (Å²) in [4.78, 5) is 22.5. The summed E-state index contributed by atoms with van der Waals surface area (Å²) < 4.78 is 77.3. The smallest absolute Gasteiger partial charge is 0.508 e. The Balaban J connectivity index is 1.72. The predicted octanol–water partition coefficient (Wildman–Crippen LogP) is 3.95. The first-order chi connectivity index (χ1) is 18.9. The van der Waals surface area contributed by atoms with Gasteiger partial charge in [0.2, 0.25) is 5.88 Å². The van der Waals surface area contributed by atoms with Crippen LogP contribution in [0.5, 0.6) is 11.6 Å². The van der Waals surface area contributed by atoms with Crippen LogP contribution in [0.3, 0.4) is 0 Å². The van der Waals surface area contributed by atoms with E-state index in [1.54, 1.807) is 4.90 Å². The molecule has 40 heavy (non-hydrogen) atoms. The minimum absolute atomic E-state index is 0.0134. The van der Waals surface area contributed by atoms with Crippen molar-refractivity contribution in [3.05, 3.63) is 51.9 Å². The molecule has 0 spiro atoms. The number of rotatable bonds is 3. The molecule has 13 heteroatoms. The molecule has 206 valence electrons. The minimum atomic E-state index is -5.25. The third-order valence-electron chi connectivity index (χ3n) is 7.31. The summed E-state index contributed by atoms with van der Waals surface area (Å²) in [5.74, 6) is -1.53. The summed E-state index contributed by atoms with van der Waals surface area (Å²) in [6, 6.07) is 4.59. The normalized spacial score (nSPS) is 18.9. The number of anilines is 1. The van der Waals surface area contributed by atoms with Crippen molar-refractivity contribution in [3.8, 4) is 35.2 Å². The zero-order valence-corrected chi connectivity index (χ0v) is 20.8. The Morgan fingerprint density at radius 2 is 1.82 bits per heavy atom. The van der Waals surface area contributed by atoms with Crippen molar-refractivity contribution in [1.82, 2.24) is 19.9 Å². The molecule has 8 nitrogen and oxygen atoms in total. The first-order valence-electron chi connectivity index (χ1n) is 12.2. The van der Waals surface area contributed by atoms with Gasteiger partial charge in [0, 0.05) is 43.2 Å². The monoisotopic (exact) mass is 557 g/mol. The Labute approximate surface area is 223 Å². The topological polar surface area (TPSA) is 92.5 Å². The van der Waals surface area contributed by atoms with Crippen LogP contribution in [0.4, 0.5) is 27.8 Å². The lowest BCUT2D eigenvalue weighted by Crippen LogP contribution is -2.52. The second-order valence-corrected chi connectivity index (χ2v) is 9.83. The molecule has 0 aliphatic carbocycles. The largest absolute Gasteiger partial charge is 0.574 e. The van der Waals surface area contributed by atoms with Gasteiger partial charge in [0.05, 0.1) is 11.1 Å². The lowest BCUT2D eigenvalue weighted by molar-refractivity contribution is -0.275. The number of benzene rings is 2. The molecule has 2 aromatic heterocycles. The van der Waals surface area contributed by atoms with E-state index in [0.717, 1.165) is 36.6 Å². The molecule has 4 heterocycles. The lowest BCUT2D eigenvalue weighted by atomic mass is 9.95. The van der Waals surface area contributed by atoms with Crippen LogP contribution in [0, 0.1) is 24.0 Å². The van der Waals surface area contributed by atoms with E-state index < -0.39 is 51.9 Å². The molecule has 2 fully saturated rings. The van der Waals surface area contributed by atoms with Crippen molar-refractivity contribution in [2.75, 3.05) is 18.0 Å². The molecule has 4 aromatic rings. The highest BCUT2D eigenvalue weighted by atomic mass is 19.4. The molecule has 2 aliphatic rings. The number of aromatic nitrogens is 3. The lowest BCUT2D eigenvalue weighted by Gasteiger charge is -2.34. The molecule has 2 bridgehead atoms. The quantitative estimate of drug-likeness (QED) is 0.291. The molecular weight excluding hydrogens is 537 g/mol.